The van der Waals surface area contributed by atoms with Crippen molar-refractivity contribution < 1.29 is 19.1 Å². The SMILES string of the molecule is CC(=O)Oc1ccc(CC(C(=O)OC2C[C@H]3CC[C@H](C2)N3C)c2ccccc2)cc1. The summed E-state index contributed by atoms with van der Waals surface area (Å²) in [5, 5.41) is 0. The first-order valence-corrected chi connectivity index (χ1v) is 10.7. The lowest BCUT2D eigenvalue weighted by Crippen LogP contribution is -2.43. The normalized spacial score (nSPS) is 24.3. The standard InChI is InChI=1S/C25H29NO4/c1-17(27)29-22-12-8-18(9-13-22)14-24(19-6-4-3-5-7-19)25(28)30-23-15-20-10-11-21(16-23)26(20)2/h3-9,12-13,20-21,23-24H,10-11,14-16H2,1-2H3/t20-,21-,24?/m1/s1. The number of hydrogen-bond donors (Lipinski definition) is 0. The van der Waals surface area contributed by atoms with Crippen LogP contribution in [-0.2, 0) is 20.7 Å². The van der Waals surface area contributed by atoms with Crippen LogP contribution in [0.1, 0.15) is 49.7 Å². The summed E-state index contributed by atoms with van der Waals surface area (Å²) < 4.78 is 11.2. The zero-order chi connectivity index (χ0) is 21.1. The molecule has 5 nitrogen and oxygen atoms in total. The van der Waals surface area contributed by atoms with E-state index in [-0.39, 0.29) is 24.0 Å². The molecule has 4 rings (SSSR count). The summed E-state index contributed by atoms with van der Waals surface area (Å²) in [4.78, 5) is 26.8. The number of esters is 2. The van der Waals surface area contributed by atoms with Crippen LogP contribution in [0.3, 0.4) is 0 Å². The summed E-state index contributed by atoms with van der Waals surface area (Å²) in [6, 6.07) is 18.2. The second-order valence-corrected chi connectivity index (χ2v) is 8.49. The Morgan fingerprint density at radius 3 is 2.23 bits per heavy atom. The Balaban J connectivity index is 1.47. The predicted octanol–water partition coefficient (Wildman–Crippen LogP) is 4.11. The van der Waals surface area contributed by atoms with Crippen LogP contribution in [0.2, 0.25) is 0 Å². The number of nitrogens with zero attached hydrogens (tertiary/aromatic N) is 1. The third kappa shape index (κ3) is 4.73. The van der Waals surface area contributed by atoms with Gasteiger partial charge in [0.2, 0.25) is 0 Å². The van der Waals surface area contributed by atoms with E-state index in [0.717, 1.165) is 24.0 Å². The van der Waals surface area contributed by atoms with Crippen molar-refractivity contribution in [2.24, 2.45) is 0 Å². The minimum atomic E-state index is -0.358. The third-order valence-corrected chi connectivity index (χ3v) is 6.45. The minimum absolute atomic E-state index is 0.00348. The van der Waals surface area contributed by atoms with Crippen molar-refractivity contribution in [3.8, 4) is 5.75 Å². The first-order chi connectivity index (χ1) is 14.5. The molecule has 2 aromatic rings. The molecule has 2 heterocycles. The number of carbonyl (C=O) groups is 2. The molecule has 0 spiro atoms. The highest BCUT2D eigenvalue weighted by Gasteiger charge is 2.40. The van der Waals surface area contributed by atoms with E-state index in [1.54, 1.807) is 12.1 Å². The summed E-state index contributed by atoms with van der Waals surface area (Å²) in [5.41, 5.74) is 1.96. The van der Waals surface area contributed by atoms with E-state index in [9.17, 15) is 9.59 Å². The Hall–Kier alpha value is -2.66. The Labute approximate surface area is 178 Å². The average Bonchev–Trinajstić information content (AvgIpc) is 2.94. The molecule has 3 atom stereocenters. The van der Waals surface area contributed by atoms with Gasteiger partial charge >= 0.3 is 11.9 Å². The molecule has 0 aromatic heterocycles. The van der Waals surface area contributed by atoms with Gasteiger partial charge in [0.05, 0.1) is 5.92 Å². The molecule has 0 N–H and O–H groups in total. The van der Waals surface area contributed by atoms with Crippen LogP contribution < -0.4 is 4.74 Å². The molecule has 0 radical (unpaired) electrons. The van der Waals surface area contributed by atoms with Gasteiger partial charge in [0, 0.05) is 19.0 Å². The number of hydrogen-bond acceptors (Lipinski definition) is 5. The van der Waals surface area contributed by atoms with Gasteiger partial charge in [-0.3, -0.25) is 9.59 Å². The first kappa shape index (κ1) is 20.6. The van der Waals surface area contributed by atoms with Crippen molar-refractivity contribution in [1.29, 1.82) is 0 Å². The molecule has 2 aliphatic rings. The van der Waals surface area contributed by atoms with Gasteiger partial charge in [0.15, 0.2) is 0 Å². The highest BCUT2D eigenvalue weighted by atomic mass is 16.5. The van der Waals surface area contributed by atoms with Crippen molar-refractivity contribution in [1.82, 2.24) is 4.90 Å². The van der Waals surface area contributed by atoms with Gasteiger partial charge in [0.1, 0.15) is 11.9 Å². The summed E-state index contributed by atoms with van der Waals surface area (Å²) in [7, 11) is 2.19. The molecule has 2 aliphatic heterocycles. The van der Waals surface area contributed by atoms with E-state index in [1.165, 1.54) is 19.8 Å². The fourth-order valence-electron chi connectivity index (χ4n) is 4.82. The van der Waals surface area contributed by atoms with E-state index in [2.05, 4.69) is 11.9 Å². The number of rotatable bonds is 6. The maximum atomic E-state index is 13.2. The number of benzene rings is 2. The van der Waals surface area contributed by atoms with E-state index >= 15 is 0 Å². The lowest BCUT2D eigenvalue weighted by atomic mass is 9.91. The zero-order valence-electron chi connectivity index (χ0n) is 17.6. The summed E-state index contributed by atoms with van der Waals surface area (Å²) in [5.74, 6) is -0.352. The van der Waals surface area contributed by atoms with Crippen molar-refractivity contribution in [2.75, 3.05) is 7.05 Å². The number of piperidine rings is 1. The van der Waals surface area contributed by atoms with E-state index in [0.29, 0.717) is 24.3 Å². The Bertz CT molecular complexity index is 866. The molecular weight excluding hydrogens is 378 g/mol. The number of fused-ring (bicyclic) bond motifs is 2. The van der Waals surface area contributed by atoms with Crippen LogP contribution in [0.15, 0.2) is 54.6 Å². The monoisotopic (exact) mass is 407 g/mol. The lowest BCUT2D eigenvalue weighted by Gasteiger charge is -2.36. The van der Waals surface area contributed by atoms with Gasteiger partial charge in [-0.15, -0.1) is 0 Å². The topological polar surface area (TPSA) is 55.8 Å². The summed E-state index contributed by atoms with van der Waals surface area (Å²) in [6.45, 7) is 1.38. The Morgan fingerprint density at radius 1 is 1.00 bits per heavy atom. The molecule has 2 saturated heterocycles. The molecule has 158 valence electrons. The summed E-state index contributed by atoms with van der Waals surface area (Å²) in [6.07, 6.45) is 4.80. The largest absolute Gasteiger partial charge is 0.462 e. The Kier molecular flexibility index (Phi) is 6.18. The van der Waals surface area contributed by atoms with Gasteiger partial charge in [-0.1, -0.05) is 42.5 Å². The smallest absolute Gasteiger partial charge is 0.314 e. The molecule has 0 saturated carbocycles. The molecule has 5 heteroatoms. The summed E-state index contributed by atoms with van der Waals surface area (Å²) >= 11 is 0. The van der Waals surface area contributed by atoms with E-state index in [4.69, 9.17) is 9.47 Å². The maximum Gasteiger partial charge on any atom is 0.314 e. The second kappa shape index (κ2) is 9.00. The van der Waals surface area contributed by atoms with Crippen molar-refractivity contribution in [3.63, 3.8) is 0 Å². The van der Waals surface area contributed by atoms with Crippen molar-refractivity contribution in [2.45, 2.75) is 63.1 Å². The maximum absolute atomic E-state index is 13.2. The van der Waals surface area contributed by atoms with Gasteiger partial charge in [-0.25, -0.2) is 0 Å². The van der Waals surface area contributed by atoms with E-state index < -0.39 is 0 Å². The van der Waals surface area contributed by atoms with Crippen LogP contribution in [0.25, 0.3) is 0 Å². The van der Waals surface area contributed by atoms with E-state index in [1.807, 2.05) is 42.5 Å². The first-order valence-electron chi connectivity index (χ1n) is 10.7. The lowest BCUT2D eigenvalue weighted by molar-refractivity contribution is -0.154. The second-order valence-electron chi connectivity index (χ2n) is 8.49. The van der Waals surface area contributed by atoms with Crippen LogP contribution in [-0.4, -0.2) is 42.1 Å². The fraction of sp³-hybridized carbons (Fsp3) is 0.440. The highest BCUT2D eigenvalue weighted by Crippen LogP contribution is 2.36. The van der Waals surface area contributed by atoms with Crippen molar-refractivity contribution in [3.05, 3.63) is 65.7 Å². The molecule has 0 amide bonds. The molecule has 2 aromatic carbocycles. The van der Waals surface area contributed by atoms with Gasteiger partial charge < -0.3 is 14.4 Å². The third-order valence-electron chi connectivity index (χ3n) is 6.45. The highest BCUT2D eigenvalue weighted by molar-refractivity contribution is 5.79. The quantitative estimate of drug-likeness (QED) is 0.533. The Morgan fingerprint density at radius 2 is 1.63 bits per heavy atom. The molecule has 1 unspecified atom stereocenters. The van der Waals surface area contributed by atoms with Crippen LogP contribution in [0.4, 0.5) is 0 Å². The number of ether oxygens (including phenoxy) is 2. The van der Waals surface area contributed by atoms with Gasteiger partial charge in [-0.2, -0.15) is 0 Å². The van der Waals surface area contributed by atoms with Gasteiger partial charge in [0.25, 0.3) is 0 Å². The average molecular weight is 408 g/mol. The molecule has 2 bridgehead atoms. The molecule has 0 aliphatic carbocycles. The van der Waals surface area contributed by atoms with Crippen LogP contribution >= 0.6 is 0 Å². The molecular formula is C25H29NO4. The zero-order valence-corrected chi connectivity index (χ0v) is 17.6. The number of carbonyl (C=O) groups excluding carboxylic acids is 2. The predicted molar refractivity (Wildman–Crippen MR) is 114 cm³/mol. The minimum Gasteiger partial charge on any atom is -0.462 e. The van der Waals surface area contributed by atoms with Gasteiger partial charge in [-0.05, 0) is 62.4 Å². The van der Waals surface area contributed by atoms with Crippen LogP contribution in [0.5, 0.6) is 5.75 Å². The van der Waals surface area contributed by atoms with Crippen molar-refractivity contribution >= 4 is 11.9 Å². The van der Waals surface area contributed by atoms with Crippen LogP contribution in [0, 0.1) is 0 Å². The fourth-order valence-corrected chi connectivity index (χ4v) is 4.82. The molecule has 2 fully saturated rings. The molecule has 30 heavy (non-hydrogen) atoms.